The summed E-state index contributed by atoms with van der Waals surface area (Å²) in [5.74, 6) is 0.592. The Kier molecular flexibility index (Phi) is 3.63. The molecule has 0 saturated carbocycles. The van der Waals surface area contributed by atoms with Gasteiger partial charge in [-0.2, -0.15) is 0 Å². The fraction of sp³-hybridized carbons (Fsp3) is 0.368. The maximum atomic E-state index is 12.6. The molecule has 24 heavy (non-hydrogen) atoms. The summed E-state index contributed by atoms with van der Waals surface area (Å²) in [5, 5.41) is 3.00. The van der Waals surface area contributed by atoms with Crippen LogP contribution in [0.1, 0.15) is 23.6 Å². The van der Waals surface area contributed by atoms with Crippen molar-refractivity contribution in [2.45, 2.75) is 25.8 Å². The molecule has 2 aliphatic rings. The molecular weight excluding hydrogens is 302 g/mol. The van der Waals surface area contributed by atoms with Crippen molar-refractivity contribution < 1.29 is 4.79 Å². The Morgan fingerprint density at radius 2 is 1.96 bits per heavy atom. The number of rotatable bonds is 1. The topological polar surface area (TPSA) is 54.3 Å². The van der Waals surface area contributed by atoms with Crippen LogP contribution in [-0.2, 0) is 6.54 Å². The number of nitrogens with zero attached hydrogens (tertiary/aromatic N) is 2. The van der Waals surface area contributed by atoms with Gasteiger partial charge in [-0.3, -0.25) is 4.79 Å². The molecule has 2 atom stereocenters. The fourth-order valence-electron chi connectivity index (χ4n) is 3.99. The van der Waals surface area contributed by atoms with Crippen LogP contribution in [0.15, 0.2) is 47.3 Å². The quantitative estimate of drug-likeness (QED) is 0.877. The summed E-state index contributed by atoms with van der Waals surface area (Å²) in [4.78, 5) is 26.6. The zero-order valence-corrected chi connectivity index (χ0v) is 13.7. The second-order valence-electron chi connectivity index (χ2n) is 6.90. The highest BCUT2D eigenvalue weighted by molar-refractivity contribution is 5.89. The van der Waals surface area contributed by atoms with Crippen molar-refractivity contribution in [3.8, 4) is 0 Å². The molecule has 3 heterocycles. The van der Waals surface area contributed by atoms with Crippen LogP contribution in [0.5, 0.6) is 0 Å². The Morgan fingerprint density at radius 3 is 2.79 bits per heavy atom. The maximum absolute atomic E-state index is 12.6. The van der Waals surface area contributed by atoms with Gasteiger partial charge in [0.05, 0.1) is 0 Å². The molecule has 1 N–H and O–H groups in total. The number of likely N-dealkylation sites (tertiary alicyclic amines) is 1. The summed E-state index contributed by atoms with van der Waals surface area (Å²) in [7, 11) is 0. The van der Waals surface area contributed by atoms with E-state index in [1.807, 2.05) is 52.8 Å². The van der Waals surface area contributed by atoms with Gasteiger partial charge in [0.1, 0.15) is 0 Å². The monoisotopic (exact) mass is 323 g/mol. The number of piperidine rings is 1. The standard InChI is InChI=1S/C19H21N3O2/c1-13-4-2-5-16(8-13)20-19(24)21-10-14-9-15(12-21)17-6-3-7-18(23)22(17)11-14/h2-8,14-15H,9-12H2,1H3,(H,20,24)/t14-,15+/m0/s1. The summed E-state index contributed by atoms with van der Waals surface area (Å²) in [6.07, 6.45) is 1.05. The van der Waals surface area contributed by atoms with Gasteiger partial charge in [-0.1, -0.05) is 18.2 Å². The minimum absolute atomic E-state index is 0.0537. The van der Waals surface area contributed by atoms with Gasteiger partial charge in [0, 0.05) is 43.0 Å². The second-order valence-corrected chi connectivity index (χ2v) is 6.90. The van der Waals surface area contributed by atoms with E-state index < -0.39 is 0 Å². The van der Waals surface area contributed by atoms with Crippen molar-refractivity contribution in [2.24, 2.45) is 5.92 Å². The number of carbonyl (C=O) groups is 1. The van der Waals surface area contributed by atoms with E-state index in [0.29, 0.717) is 25.6 Å². The number of pyridine rings is 1. The Bertz CT molecular complexity index is 843. The van der Waals surface area contributed by atoms with Gasteiger partial charge in [-0.05, 0) is 43.0 Å². The van der Waals surface area contributed by atoms with Crippen molar-refractivity contribution >= 4 is 11.7 Å². The second kappa shape index (κ2) is 5.82. The predicted molar refractivity (Wildman–Crippen MR) is 93.3 cm³/mol. The number of nitrogens with one attached hydrogen (secondary N) is 1. The lowest BCUT2D eigenvalue weighted by Gasteiger charge is -2.42. The van der Waals surface area contributed by atoms with Gasteiger partial charge in [0.25, 0.3) is 5.56 Å². The number of carbonyl (C=O) groups excluding carboxylic acids is 1. The van der Waals surface area contributed by atoms with E-state index in [1.165, 1.54) is 0 Å². The molecule has 2 bridgehead atoms. The fourth-order valence-corrected chi connectivity index (χ4v) is 3.99. The number of hydrogen-bond donors (Lipinski definition) is 1. The van der Waals surface area contributed by atoms with Gasteiger partial charge in [0.2, 0.25) is 0 Å². The highest BCUT2D eigenvalue weighted by atomic mass is 16.2. The maximum Gasteiger partial charge on any atom is 0.321 e. The minimum Gasteiger partial charge on any atom is -0.324 e. The first-order valence-corrected chi connectivity index (χ1v) is 8.42. The number of aryl methyl sites for hydroxylation is 1. The van der Waals surface area contributed by atoms with Gasteiger partial charge in [-0.15, -0.1) is 0 Å². The normalized spacial score (nSPS) is 22.0. The average molecular weight is 323 g/mol. The van der Waals surface area contributed by atoms with Crippen LogP contribution in [0.3, 0.4) is 0 Å². The summed E-state index contributed by atoms with van der Waals surface area (Å²) >= 11 is 0. The molecule has 124 valence electrons. The summed E-state index contributed by atoms with van der Waals surface area (Å²) in [5.41, 5.74) is 3.08. The molecule has 2 amide bonds. The molecule has 0 spiro atoms. The Balaban J connectivity index is 1.53. The zero-order valence-electron chi connectivity index (χ0n) is 13.7. The number of hydrogen-bond acceptors (Lipinski definition) is 2. The highest BCUT2D eigenvalue weighted by Gasteiger charge is 2.36. The summed E-state index contributed by atoms with van der Waals surface area (Å²) < 4.78 is 1.88. The van der Waals surface area contributed by atoms with E-state index in [4.69, 9.17) is 0 Å². The molecular formula is C19H21N3O2. The molecule has 4 rings (SSSR count). The van der Waals surface area contributed by atoms with E-state index in [1.54, 1.807) is 6.07 Å². The number of aromatic nitrogens is 1. The summed E-state index contributed by atoms with van der Waals surface area (Å²) in [6, 6.07) is 13.2. The molecule has 5 nitrogen and oxygen atoms in total. The number of urea groups is 1. The molecule has 2 aromatic rings. The minimum atomic E-state index is -0.0537. The van der Waals surface area contributed by atoms with E-state index >= 15 is 0 Å². The average Bonchev–Trinajstić information content (AvgIpc) is 2.56. The van der Waals surface area contributed by atoms with Crippen LogP contribution in [0, 0.1) is 12.8 Å². The van der Waals surface area contributed by atoms with E-state index in [9.17, 15) is 9.59 Å². The molecule has 1 aromatic heterocycles. The number of fused-ring (bicyclic) bond motifs is 4. The van der Waals surface area contributed by atoms with Gasteiger partial charge in [-0.25, -0.2) is 4.79 Å². The molecule has 2 aliphatic heterocycles. The summed E-state index contributed by atoms with van der Waals surface area (Å²) in [6.45, 7) is 4.09. The first-order valence-electron chi connectivity index (χ1n) is 8.42. The molecule has 0 aliphatic carbocycles. The van der Waals surface area contributed by atoms with Crippen molar-refractivity contribution in [2.75, 3.05) is 18.4 Å². The predicted octanol–water partition coefficient (Wildman–Crippen LogP) is 2.81. The van der Waals surface area contributed by atoms with Crippen molar-refractivity contribution in [1.82, 2.24) is 9.47 Å². The molecule has 0 radical (unpaired) electrons. The largest absolute Gasteiger partial charge is 0.324 e. The van der Waals surface area contributed by atoms with Crippen LogP contribution < -0.4 is 10.9 Å². The molecule has 5 heteroatoms. The van der Waals surface area contributed by atoms with E-state index in [0.717, 1.165) is 23.4 Å². The Labute approximate surface area is 140 Å². The third-order valence-corrected chi connectivity index (χ3v) is 5.04. The van der Waals surface area contributed by atoms with Gasteiger partial charge in [0.15, 0.2) is 0 Å². The molecule has 1 aromatic carbocycles. The third kappa shape index (κ3) is 2.70. The number of benzene rings is 1. The first kappa shape index (κ1) is 15.0. The molecule has 1 saturated heterocycles. The SMILES string of the molecule is Cc1cccc(NC(=O)N2C[C@@H]3C[C@H](C2)c2cccc(=O)n2C3)c1. The Morgan fingerprint density at radius 1 is 1.12 bits per heavy atom. The first-order chi connectivity index (χ1) is 11.6. The third-order valence-electron chi connectivity index (χ3n) is 5.04. The van der Waals surface area contributed by atoms with Crippen LogP contribution in [0.25, 0.3) is 0 Å². The lowest BCUT2D eigenvalue weighted by atomic mass is 9.83. The number of amides is 2. The van der Waals surface area contributed by atoms with Crippen LogP contribution in [0.4, 0.5) is 10.5 Å². The Hall–Kier alpha value is -2.56. The lowest BCUT2D eigenvalue weighted by Crippen LogP contribution is -2.50. The lowest BCUT2D eigenvalue weighted by molar-refractivity contribution is 0.139. The van der Waals surface area contributed by atoms with Crippen molar-refractivity contribution in [3.05, 3.63) is 64.1 Å². The number of anilines is 1. The molecule has 1 fully saturated rings. The zero-order chi connectivity index (χ0) is 16.7. The van der Waals surface area contributed by atoms with E-state index in [-0.39, 0.29) is 17.5 Å². The van der Waals surface area contributed by atoms with Crippen LogP contribution in [-0.4, -0.2) is 28.6 Å². The van der Waals surface area contributed by atoms with Crippen LogP contribution in [0.2, 0.25) is 0 Å². The van der Waals surface area contributed by atoms with Crippen molar-refractivity contribution in [1.29, 1.82) is 0 Å². The van der Waals surface area contributed by atoms with Crippen molar-refractivity contribution in [3.63, 3.8) is 0 Å². The van der Waals surface area contributed by atoms with E-state index in [2.05, 4.69) is 5.32 Å². The van der Waals surface area contributed by atoms with Crippen LogP contribution >= 0.6 is 0 Å². The van der Waals surface area contributed by atoms with Gasteiger partial charge >= 0.3 is 6.03 Å². The molecule has 0 unspecified atom stereocenters. The highest BCUT2D eigenvalue weighted by Crippen LogP contribution is 2.35. The van der Waals surface area contributed by atoms with Gasteiger partial charge < -0.3 is 14.8 Å². The smallest absolute Gasteiger partial charge is 0.321 e.